The van der Waals surface area contributed by atoms with Gasteiger partial charge in [0.25, 0.3) is 0 Å². The summed E-state index contributed by atoms with van der Waals surface area (Å²) in [5.41, 5.74) is 0. The van der Waals surface area contributed by atoms with Gasteiger partial charge in [0.05, 0.1) is 0 Å². The summed E-state index contributed by atoms with van der Waals surface area (Å²) in [5.74, 6) is 3.21. The molecule has 52 valence electrons. The molecule has 1 nitrogen and oxygen atoms in total. The summed E-state index contributed by atoms with van der Waals surface area (Å²) in [6.45, 7) is 4.96. The maximum Gasteiger partial charge on any atom is -0.000815 e. The summed E-state index contributed by atoms with van der Waals surface area (Å²) in [7, 11) is 0. The van der Waals surface area contributed by atoms with Crippen LogP contribution in [-0.4, -0.2) is 13.1 Å². The Morgan fingerprint density at radius 2 is 2.11 bits per heavy atom. The molecule has 1 heteroatoms. The molecule has 1 saturated carbocycles. The fraction of sp³-hybridized carbons (Fsp3) is 1.00. The first-order valence-electron chi connectivity index (χ1n) is 4.07. The second-order valence-electron chi connectivity index (χ2n) is 3.73. The fourth-order valence-electron chi connectivity index (χ4n) is 1.67. The quantitative estimate of drug-likeness (QED) is 0.585. The minimum atomic E-state index is 1.04. The molecule has 2 rings (SSSR count). The van der Waals surface area contributed by atoms with E-state index in [9.17, 15) is 0 Å². The van der Waals surface area contributed by atoms with Crippen LogP contribution >= 0.6 is 0 Å². The number of hydrogen-bond donors (Lipinski definition) is 1. The van der Waals surface area contributed by atoms with Crippen LogP contribution in [0.15, 0.2) is 0 Å². The topological polar surface area (TPSA) is 12.0 Å². The molecule has 0 aromatic heterocycles. The van der Waals surface area contributed by atoms with E-state index in [2.05, 4.69) is 12.2 Å². The highest BCUT2D eigenvalue weighted by molar-refractivity contribution is 4.87. The minimum Gasteiger partial charge on any atom is -0.316 e. The Bertz CT molecular complexity index is 104. The van der Waals surface area contributed by atoms with Crippen molar-refractivity contribution in [1.82, 2.24) is 5.32 Å². The third-order valence-corrected chi connectivity index (χ3v) is 2.78. The zero-order valence-corrected chi connectivity index (χ0v) is 6.06. The van der Waals surface area contributed by atoms with Crippen LogP contribution in [0.1, 0.15) is 19.8 Å². The van der Waals surface area contributed by atoms with Crippen molar-refractivity contribution in [1.29, 1.82) is 0 Å². The standard InChI is InChI=1S/C8H15N/c1-6-2-8(6)3-7-4-9-5-7/h6-9H,2-5H2,1H3. The van der Waals surface area contributed by atoms with E-state index in [1.165, 1.54) is 25.9 Å². The van der Waals surface area contributed by atoms with Gasteiger partial charge in [0, 0.05) is 0 Å². The molecule has 2 aliphatic rings. The average Bonchev–Trinajstić information content (AvgIpc) is 2.36. The van der Waals surface area contributed by atoms with Crippen LogP contribution < -0.4 is 5.32 Å². The molecule has 1 heterocycles. The van der Waals surface area contributed by atoms with Crippen molar-refractivity contribution in [3.63, 3.8) is 0 Å². The summed E-state index contributed by atoms with van der Waals surface area (Å²) in [6, 6.07) is 0. The Hall–Kier alpha value is -0.0400. The lowest BCUT2D eigenvalue weighted by molar-refractivity contribution is 0.309. The van der Waals surface area contributed by atoms with Crippen LogP contribution in [0, 0.1) is 17.8 Å². The lowest BCUT2D eigenvalue weighted by Crippen LogP contribution is -2.42. The molecule has 1 saturated heterocycles. The first-order valence-corrected chi connectivity index (χ1v) is 4.07. The normalized spacial score (nSPS) is 42.3. The number of nitrogens with one attached hydrogen (secondary N) is 1. The summed E-state index contributed by atoms with van der Waals surface area (Å²) in [4.78, 5) is 0. The van der Waals surface area contributed by atoms with Crippen molar-refractivity contribution in [3.05, 3.63) is 0 Å². The predicted octanol–water partition coefficient (Wildman–Crippen LogP) is 1.25. The highest BCUT2D eigenvalue weighted by atomic mass is 14.9. The monoisotopic (exact) mass is 125 g/mol. The smallest absolute Gasteiger partial charge is 0.000815 e. The van der Waals surface area contributed by atoms with Crippen LogP contribution in [0.4, 0.5) is 0 Å². The molecule has 0 radical (unpaired) electrons. The molecule has 0 aromatic carbocycles. The van der Waals surface area contributed by atoms with Crippen LogP contribution in [0.3, 0.4) is 0 Å². The minimum absolute atomic E-state index is 1.04. The average molecular weight is 125 g/mol. The third kappa shape index (κ3) is 1.11. The Morgan fingerprint density at radius 3 is 2.44 bits per heavy atom. The van der Waals surface area contributed by atoms with Gasteiger partial charge < -0.3 is 5.32 Å². The first-order chi connectivity index (χ1) is 4.36. The van der Waals surface area contributed by atoms with Crippen LogP contribution in [-0.2, 0) is 0 Å². The lowest BCUT2D eigenvalue weighted by Gasteiger charge is -2.26. The van der Waals surface area contributed by atoms with E-state index >= 15 is 0 Å². The van der Waals surface area contributed by atoms with Gasteiger partial charge >= 0.3 is 0 Å². The van der Waals surface area contributed by atoms with Crippen molar-refractivity contribution >= 4 is 0 Å². The highest BCUT2D eigenvalue weighted by Gasteiger charge is 2.35. The van der Waals surface area contributed by atoms with Gasteiger partial charge in [0.1, 0.15) is 0 Å². The molecule has 1 N–H and O–H groups in total. The van der Waals surface area contributed by atoms with Gasteiger partial charge in [-0.25, -0.2) is 0 Å². The Morgan fingerprint density at radius 1 is 1.44 bits per heavy atom. The SMILES string of the molecule is CC1CC1CC1CNC1. The Balaban J connectivity index is 1.66. The predicted molar refractivity (Wildman–Crippen MR) is 38.2 cm³/mol. The van der Waals surface area contributed by atoms with Crippen molar-refractivity contribution in [2.45, 2.75) is 19.8 Å². The van der Waals surface area contributed by atoms with Crippen molar-refractivity contribution in [3.8, 4) is 0 Å². The fourth-order valence-corrected chi connectivity index (χ4v) is 1.67. The Kier molecular flexibility index (Phi) is 1.26. The van der Waals surface area contributed by atoms with Crippen LogP contribution in [0.2, 0.25) is 0 Å². The van der Waals surface area contributed by atoms with Gasteiger partial charge in [-0.3, -0.25) is 0 Å². The molecular weight excluding hydrogens is 110 g/mol. The molecule has 0 bridgehead atoms. The van der Waals surface area contributed by atoms with Gasteiger partial charge in [-0.1, -0.05) is 6.92 Å². The van der Waals surface area contributed by atoms with E-state index in [-0.39, 0.29) is 0 Å². The van der Waals surface area contributed by atoms with E-state index in [4.69, 9.17) is 0 Å². The second-order valence-corrected chi connectivity index (χ2v) is 3.73. The van der Waals surface area contributed by atoms with E-state index < -0.39 is 0 Å². The third-order valence-electron chi connectivity index (χ3n) is 2.78. The lowest BCUT2D eigenvalue weighted by atomic mass is 9.96. The molecule has 2 atom stereocenters. The molecule has 0 aromatic rings. The second kappa shape index (κ2) is 1.98. The van der Waals surface area contributed by atoms with Gasteiger partial charge in [0.2, 0.25) is 0 Å². The molecule has 1 aliphatic carbocycles. The van der Waals surface area contributed by atoms with E-state index in [0.717, 1.165) is 17.8 Å². The largest absolute Gasteiger partial charge is 0.316 e. The molecule has 2 fully saturated rings. The van der Waals surface area contributed by atoms with Crippen molar-refractivity contribution in [2.75, 3.05) is 13.1 Å². The molecule has 0 amide bonds. The van der Waals surface area contributed by atoms with E-state index in [1.54, 1.807) is 0 Å². The van der Waals surface area contributed by atoms with Gasteiger partial charge in [0.15, 0.2) is 0 Å². The van der Waals surface area contributed by atoms with Gasteiger partial charge in [-0.05, 0) is 43.7 Å². The zero-order valence-electron chi connectivity index (χ0n) is 6.06. The first kappa shape index (κ1) is 5.72. The molecular formula is C8H15N. The maximum atomic E-state index is 3.31. The number of hydrogen-bond acceptors (Lipinski definition) is 1. The van der Waals surface area contributed by atoms with Crippen LogP contribution in [0.5, 0.6) is 0 Å². The zero-order chi connectivity index (χ0) is 6.27. The van der Waals surface area contributed by atoms with E-state index in [0.29, 0.717) is 0 Å². The number of rotatable bonds is 2. The van der Waals surface area contributed by atoms with Crippen molar-refractivity contribution in [2.24, 2.45) is 17.8 Å². The van der Waals surface area contributed by atoms with Gasteiger partial charge in [-0.15, -0.1) is 0 Å². The maximum absolute atomic E-state index is 3.31. The summed E-state index contributed by atoms with van der Waals surface area (Å²) >= 11 is 0. The molecule has 2 unspecified atom stereocenters. The Labute approximate surface area is 56.8 Å². The molecule has 0 spiro atoms. The summed E-state index contributed by atoms with van der Waals surface area (Å²) < 4.78 is 0. The summed E-state index contributed by atoms with van der Waals surface area (Å²) in [6.07, 6.45) is 3.02. The van der Waals surface area contributed by atoms with Crippen molar-refractivity contribution < 1.29 is 0 Å². The molecule has 1 aliphatic heterocycles. The van der Waals surface area contributed by atoms with Crippen LogP contribution in [0.25, 0.3) is 0 Å². The molecule has 9 heavy (non-hydrogen) atoms. The van der Waals surface area contributed by atoms with Gasteiger partial charge in [-0.2, -0.15) is 0 Å². The van der Waals surface area contributed by atoms with E-state index in [1.807, 2.05) is 0 Å². The highest BCUT2D eigenvalue weighted by Crippen LogP contribution is 2.42. The summed E-state index contributed by atoms with van der Waals surface area (Å²) in [5, 5.41) is 3.31.